The van der Waals surface area contributed by atoms with Crippen LogP contribution >= 0.6 is 0 Å². The maximum Gasteiger partial charge on any atom is 0.242 e. The zero-order valence-corrected chi connectivity index (χ0v) is 17.4. The molecule has 0 radical (unpaired) electrons. The Bertz CT molecular complexity index is 752. The van der Waals surface area contributed by atoms with E-state index in [0.717, 1.165) is 43.4 Å². The van der Waals surface area contributed by atoms with Crippen LogP contribution in [-0.2, 0) is 22.7 Å². The number of hydrogen-bond donors (Lipinski definition) is 0. The second-order valence-corrected chi connectivity index (χ2v) is 7.91. The SMILES string of the molecule is CCCN(CC(=O)N(Cc1ccccc1)Cc1ccco1)C(=O)C1CCCCC1. The third-order valence-electron chi connectivity index (χ3n) is 5.58. The van der Waals surface area contributed by atoms with E-state index in [4.69, 9.17) is 4.42 Å². The highest BCUT2D eigenvalue weighted by Gasteiger charge is 2.28. The van der Waals surface area contributed by atoms with Crippen LogP contribution in [0.25, 0.3) is 0 Å². The number of benzene rings is 1. The van der Waals surface area contributed by atoms with Crippen LogP contribution in [0, 0.1) is 5.92 Å². The summed E-state index contributed by atoms with van der Waals surface area (Å²) >= 11 is 0. The zero-order chi connectivity index (χ0) is 20.5. The molecule has 29 heavy (non-hydrogen) atoms. The minimum atomic E-state index is -0.0390. The fourth-order valence-electron chi connectivity index (χ4n) is 4.03. The molecule has 0 atom stereocenters. The first kappa shape index (κ1) is 21.2. The van der Waals surface area contributed by atoms with Crippen LogP contribution < -0.4 is 0 Å². The number of hydrogen-bond acceptors (Lipinski definition) is 3. The Labute approximate surface area is 173 Å². The van der Waals surface area contributed by atoms with Gasteiger partial charge in [-0.2, -0.15) is 0 Å². The summed E-state index contributed by atoms with van der Waals surface area (Å²) in [6.07, 6.45) is 7.82. The second-order valence-electron chi connectivity index (χ2n) is 7.91. The van der Waals surface area contributed by atoms with Crippen molar-refractivity contribution in [2.24, 2.45) is 5.92 Å². The van der Waals surface area contributed by atoms with Crippen molar-refractivity contribution in [3.05, 3.63) is 60.1 Å². The van der Waals surface area contributed by atoms with Crippen LogP contribution in [0.3, 0.4) is 0 Å². The summed E-state index contributed by atoms with van der Waals surface area (Å²) < 4.78 is 5.47. The Morgan fingerprint density at radius 2 is 1.72 bits per heavy atom. The summed E-state index contributed by atoms with van der Waals surface area (Å²) in [6, 6.07) is 13.6. The van der Waals surface area contributed by atoms with Crippen LogP contribution in [-0.4, -0.2) is 34.7 Å². The quantitative estimate of drug-likeness (QED) is 0.621. The summed E-state index contributed by atoms with van der Waals surface area (Å²) in [6.45, 7) is 3.71. The third-order valence-corrected chi connectivity index (χ3v) is 5.58. The molecule has 5 heteroatoms. The molecule has 3 rings (SSSR count). The first-order valence-corrected chi connectivity index (χ1v) is 10.8. The lowest BCUT2D eigenvalue weighted by atomic mass is 9.88. The fraction of sp³-hybridized carbons (Fsp3) is 0.500. The van der Waals surface area contributed by atoms with Crippen molar-refractivity contribution in [3.63, 3.8) is 0 Å². The van der Waals surface area contributed by atoms with Gasteiger partial charge in [0.15, 0.2) is 0 Å². The van der Waals surface area contributed by atoms with Crippen molar-refractivity contribution < 1.29 is 14.0 Å². The van der Waals surface area contributed by atoms with Crippen molar-refractivity contribution in [1.82, 2.24) is 9.80 Å². The van der Waals surface area contributed by atoms with E-state index in [1.807, 2.05) is 42.5 Å². The van der Waals surface area contributed by atoms with Crippen molar-refractivity contribution >= 4 is 11.8 Å². The average Bonchev–Trinajstić information content (AvgIpc) is 3.27. The summed E-state index contributed by atoms with van der Waals surface area (Å²) in [5, 5.41) is 0. The molecule has 1 heterocycles. The molecule has 0 N–H and O–H groups in total. The lowest BCUT2D eigenvalue weighted by molar-refractivity contribution is -0.144. The molecule has 0 bridgehead atoms. The smallest absolute Gasteiger partial charge is 0.242 e. The Balaban J connectivity index is 1.70. The van der Waals surface area contributed by atoms with E-state index in [1.54, 1.807) is 16.1 Å². The van der Waals surface area contributed by atoms with Crippen LogP contribution in [0.4, 0.5) is 0 Å². The standard InChI is InChI=1S/C24H32N2O3/c1-2-15-25(24(28)21-12-7-4-8-13-21)19-23(27)26(18-22-14-9-16-29-22)17-20-10-5-3-6-11-20/h3,5-6,9-11,14,16,21H,2,4,7-8,12-13,15,17-19H2,1H3. The second kappa shape index (κ2) is 10.8. The molecule has 5 nitrogen and oxygen atoms in total. The maximum absolute atomic E-state index is 13.2. The number of rotatable bonds is 9. The summed E-state index contributed by atoms with van der Waals surface area (Å²) in [5.41, 5.74) is 1.06. The summed E-state index contributed by atoms with van der Waals surface area (Å²) in [5.74, 6) is 0.936. The molecule has 0 saturated heterocycles. The van der Waals surface area contributed by atoms with Gasteiger partial charge in [-0.05, 0) is 37.0 Å². The Morgan fingerprint density at radius 1 is 0.966 bits per heavy atom. The number of carbonyl (C=O) groups excluding carboxylic acids is 2. The monoisotopic (exact) mass is 396 g/mol. The zero-order valence-electron chi connectivity index (χ0n) is 17.4. The van der Waals surface area contributed by atoms with Gasteiger partial charge in [-0.25, -0.2) is 0 Å². The van der Waals surface area contributed by atoms with Crippen molar-refractivity contribution in [2.75, 3.05) is 13.1 Å². The highest BCUT2D eigenvalue weighted by Crippen LogP contribution is 2.25. The minimum absolute atomic E-state index is 0.0390. The normalized spacial score (nSPS) is 14.5. The first-order chi connectivity index (χ1) is 14.2. The molecule has 1 saturated carbocycles. The van der Waals surface area contributed by atoms with Gasteiger partial charge < -0.3 is 14.2 Å². The molecule has 0 aliphatic heterocycles. The van der Waals surface area contributed by atoms with Crippen LogP contribution in [0.5, 0.6) is 0 Å². The number of amides is 2. The number of nitrogens with zero attached hydrogens (tertiary/aromatic N) is 2. The van der Waals surface area contributed by atoms with Gasteiger partial charge in [0.25, 0.3) is 0 Å². The van der Waals surface area contributed by atoms with E-state index in [2.05, 4.69) is 6.92 Å². The highest BCUT2D eigenvalue weighted by molar-refractivity contribution is 5.86. The van der Waals surface area contributed by atoms with Gasteiger partial charge in [-0.1, -0.05) is 56.5 Å². The first-order valence-electron chi connectivity index (χ1n) is 10.8. The predicted molar refractivity (Wildman–Crippen MR) is 113 cm³/mol. The predicted octanol–water partition coefficient (Wildman–Crippen LogP) is 4.63. The maximum atomic E-state index is 13.2. The number of furan rings is 1. The molecule has 0 spiro atoms. The molecule has 2 aromatic rings. The van der Waals surface area contributed by atoms with Gasteiger partial charge in [-0.15, -0.1) is 0 Å². The van der Waals surface area contributed by atoms with Crippen LogP contribution in [0.15, 0.2) is 53.1 Å². The highest BCUT2D eigenvalue weighted by atomic mass is 16.3. The molecule has 1 aromatic heterocycles. The van der Waals surface area contributed by atoms with Gasteiger partial charge in [0, 0.05) is 19.0 Å². The van der Waals surface area contributed by atoms with E-state index in [9.17, 15) is 9.59 Å². The van der Waals surface area contributed by atoms with Gasteiger partial charge in [0.1, 0.15) is 5.76 Å². The molecule has 1 aliphatic rings. The van der Waals surface area contributed by atoms with E-state index in [1.165, 1.54) is 6.42 Å². The largest absolute Gasteiger partial charge is 0.467 e. The molecule has 1 aliphatic carbocycles. The topological polar surface area (TPSA) is 53.8 Å². The molecular formula is C24H32N2O3. The van der Waals surface area contributed by atoms with Crippen LogP contribution in [0.2, 0.25) is 0 Å². The lowest BCUT2D eigenvalue weighted by Gasteiger charge is -2.31. The van der Waals surface area contributed by atoms with Gasteiger partial charge in [-0.3, -0.25) is 9.59 Å². The summed E-state index contributed by atoms with van der Waals surface area (Å²) in [7, 11) is 0. The van der Waals surface area contributed by atoms with Crippen molar-refractivity contribution in [3.8, 4) is 0 Å². The van der Waals surface area contributed by atoms with E-state index in [-0.39, 0.29) is 24.3 Å². The Morgan fingerprint density at radius 3 is 2.38 bits per heavy atom. The molecular weight excluding hydrogens is 364 g/mol. The van der Waals surface area contributed by atoms with Gasteiger partial charge in [0.05, 0.1) is 19.4 Å². The van der Waals surface area contributed by atoms with Gasteiger partial charge >= 0.3 is 0 Å². The van der Waals surface area contributed by atoms with Crippen molar-refractivity contribution in [2.45, 2.75) is 58.5 Å². The molecule has 2 amide bonds. The van der Waals surface area contributed by atoms with Crippen LogP contribution in [0.1, 0.15) is 56.8 Å². The van der Waals surface area contributed by atoms with E-state index < -0.39 is 0 Å². The molecule has 1 fully saturated rings. The molecule has 0 unspecified atom stereocenters. The minimum Gasteiger partial charge on any atom is -0.467 e. The number of carbonyl (C=O) groups is 2. The summed E-state index contributed by atoms with van der Waals surface area (Å²) in [4.78, 5) is 29.9. The molecule has 156 valence electrons. The van der Waals surface area contributed by atoms with Crippen molar-refractivity contribution in [1.29, 1.82) is 0 Å². The van der Waals surface area contributed by atoms with E-state index >= 15 is 0 Å². The molecule has 1 aromatic carbocycles. The fourth-order valence-corrected chi connectivity index (χ4v) is 4.03. The van der Waals surface area contributed by atoms with Gasteiger partial charge in [0.2, 0.25) is 11.8 Å². The average molecular weight is 397 g/mol. The Kier molecular flexibility index (Phi) is 7.91. The Hall–Kier alpha value is -2.56. The lowest BCUT2D eigenvalue weighted by Crippen LogP contribution is -2.45. The third kappa shape index (κ3) is 6.21. The van der Waals surface area contributed by atoms with E-state index in [0.29, 0.717) is 19.6 Å².